The van der Waals surface area contributed by atoms with Crippen LogP contribution >= 0.6 is 11.8 Å². The minimum atomic E-state index is 1.19. The zero-order valence-corrected chi connectivity index (χ0v) is 12.8. The Hall–Kier alpha value is -1.41. The standard InChI is InChI=1S/C18H21NS/c1-2-3-4-5-9-14-10-8-12-16-18(14)20-17-13-7-6-11-15(17)19-16/h6-8,10-13,19H,2-5,9H2,1H3. The largest absolute Gasteiger partial charge is 0.354 e. The molecule has 2 aromatic carbocycles. The zero-order valence-electron chi connectivity index (χ0n) is 12.0. The van der Waals surface area contributed by atoms with E-state index in [2.05, 4.69) is 54.7 Å². The summed E-state index contributed by atoms with van der Waals surface area (Å²) in [4.78, 5) is 2.75. The van der Waals surface area contributed by atoms with Gasteiger partial charge in [-0.15, -0.1) is 0 Å². The maximum Gasteiger partial charge on any atom is 0.0529 e. The van der Waals surface area contributed by atoms with Crippen molar-refractivity contribution in [2.24, 2.45) is 0 Å². The Morgan fingerprint density at radius 3 is 2.65 bits per heavy atom. The fourth-order valence-corrected chi connectivity index (χ4v) is 3.78. The lowest BCUT2D eigenvalue weighted by molar-refractivity contribution is 0.663. The number of anilines is 2. The van der Waals surface area contributed by atoms with Gasteiger partial charge in [0.2, 0.25) is 0 Å². The van der Waals surface area contributed by atoms with Crippen LogP contribution in [0.3, 0.4) is 0 Å². The van der Waals surface area contributed by atoms with E-state index in [9.17, 15) is 0 Å². The summed E-state index contributed by atoms with van der Waals surface area (Å²) in [6, 6.07) is 15.2. The van der Waals surface area contributed by atoms with Gasteiger partial charge in [-0.25, -0.2) is 0 Å². The Balaban J connectivity index is 1.79. The van der Waals surface area contributed by atoms with E-state index < -0.39 is 0 Å². The molecular weight excluding hydrogens is 262 g/mol. The van der Waals surface area contributed by atoms with Crippen LogP contribution in [0.5, 0.6) is 0 Å². The molecule has 0 aliphatic carbocycles. The van der Waals surface area contributed by atoms with Crippen molar-refractivity contribution < 1.29 is 0 Å². The van der Waals surface area contributed by atoms with Crippen LogP contribution in [-0.4, -0.2) is 0 Å². The molecule has 0 bridgehead atoms. The molecule has 0 amide bonds. The molecular formula is C18H21NS. The lowest BCUT2D eigenvalue weighted by Gasteiger charge is -2.23. The second-order valence-electron chi connectivity index (χ2n) is 5.33. The van der Waals surface area contributed by atoms with Gasteiger partial charge < -0.3 is 5.32 Å². The predicted octanol–water partition coefficient (Wildman–Crippen LogP) is 6.02. The van der Waals surface area contributed by atoms with Crippen LogP contribution in [-0.2, 0) is 6.42 Å². The average molecular weight is 283 g/mol. The lowest BCUT2D eigenvalue weighted by atomic mass is 10.1. The fourth-order valence-electron chi connectivity index (χ4n) is 2.66. The number of nitrogens with one attached hydrogen (secondary N) is 1. The summed E-state index contributed by atoms with van der Waals surface area (Å²) in [5.74, 6) is 0. The number of para-hydroxylation sites is 1. The quantitative estimate of drug-likeness (QED) is 0.575. The third-order valence-electron chi connectivity index (χ3n) is 3.76. The van der Waals surface area contributed by atoms with Crippen LogP contribution in [0, 0.1) is 0 Å². The van der Waals surface area contributed by atoms with Gasteiger partial charge in [0.15, 0.2) is 0 Å². The zero-order chi connectivity index (χ0) is 13.8. The van der Waals surface area contributed by atoms with Crippen LogP contribution in [0.4, 0.5) is 11.4 Å². The van der Waals surface area contributed by atoms with Gasteiger partial charge in [-0.05, 0) is 36.6 Å². The molecule has 2 aromatic rings. The Morgan fingerprint density at radius 2 is 1.75 bits per heavy atom. The van der Waals surface area contributed by atoms with Gasteiger partial charge in [-0.3, -0.25) is 0 Å². The van der Waals surface area contributed by atoms with E-state index in [0.29, 0.717) is 0 Å². The van der Waals surface area contributed by atoms with E-state index in [1.54, 1.807) is 0 Å². The lowest BCUT2D eigenvalue weighted by Crippen LogP contribution is -2.02. The fraction of sp³-hybridized carbons (Fsp3) is 0.333. The second-order valence-corrected chi connectivity index (χ2v) is 6.38. The van der Waals surface area contributed by atoms with Crippen molar-refractivity contribution in [1.29, 1.82) is 0 Å². The summed E-state index contributed by atoms with van der Waals surface area (Å²) in [5.41, 5.74) is 3.99. The van der Waals surface area contributed by atoms with E-state index in [1.165, 1.54) is 58.8 Å². The summed E-state index contributed by atoms with van der Waals surface area (Å²) in [7, 11) is 0. The number of unbranched alkanes of at least 4 members (excludes halogenated alkanes) is 3. The molecule has 0 saturated heterocycles. The van der Waals surface area contributed by atoms with Crippen molar-refractivity contribution in [2.75, 3.05) is 5.32 Å². The molecule has 1 aliphatic rings. The van der Waals surface area contributed by atoms with Gasteiger partial charge in [0.05, 0.1) is 11.4 Å². The monoisotopic (exact) mass is 283 g/mol. The molecule has 0 aromatic heterocycles. The molecule has 0 radical (unpaired) electrons. The summed E-state index contributed by atoms with van der Waals surface area (Å²) >= 11 is 1.91. The van der Waals surface area contributed by atoms with Crippen LogP contribution in [0.15, 0.2) is 52.3 Å². The van der Waals surface area contributed by atoms with Crippen molar-refractivity contribution >= 4 is 23.1 Å². The Morgan fingerprint density at radius 1 is 0.900 bits per heavy atom. The van der Waals surface area contributed by atoms with Crippen LogP contribution in [0.2, 0.25) is 0 Å². The molecule has 20 heavy (non-hydrogen) atoms. The number of aryl methyl sites for hydroxylation is 1. The van der Waals surface area contributed by atoms with Gasteiger partial charge in [0.1, 0.15) is 0 Å². The Kier molecular flexibility index (Phi) is 4.31. The number of hydrogen-bond acceptors (Lipinski definition) is 2. The second kappa shape index (κ2) is 6.36. The van der Waals surface area contributed by atoms with Gasteiger partial charge in [-0.1, -0.05) is 62.2 Å². The smallest absolute Gasteiger partial charge is 0.0529 e. The summed E-state index contributed by atoms with van der Waals surface area (Å²) in [5, 5.41) is 3.56. The molecule has 2 heteroatoms. The van der Waals surface area contributed by atoms with Crippen molar-refractivity contribution in [1.82, 2.24) is 0 Å². The highest BCUT2D eigenvalue weighted by Gasteiger charge is 2.17. The van der Waals surface area contributed by atoms with E-state index in [0.717, 1.165) is 0 Å². The topological polar surface area (TPSA) is 12.0 Å². The predicted molar refractivity (Wildman–Crippen MR) is 88.1 cm³/mol. The van der Waals surface area contributed by atoms with Crippen molar-refractivity contribution in [3.63, 3.8) is 0 Å². The van der Waals surface area contributed by atoms with Gasteiger partial charge in [0.25, 0.3) is 0 Å². The minimum Gasteiger partial charge on any atom is -0.354 e. The Bertz CT molecular complexity index is 592. The van der Waals surface area contributed by atoms with Crippen LogP contribution < -0.4 is 5.32 Å². The highest BCUT2D eigenvalue weighted by molar-refractivity contribution is 7.99. The highest BCUT2D eigenvalue weighted by atomic mass is 32.2. The molecule has 3 rings (SSSR count). The van der Waals surface area contributed by atoms with E-state index in [4.69, 9.17) is 0 Å². The first kappa shape index (κ1) is 13.6. The van der Waals surface area contributed by atoms with Gasteiger partial charge in [-0.2, -0.15) is 0 Å². The van der Waals surface area contributed by atoms with E-state index in [1.807, 2.05) is 11.8 Å². The molecule has 104 valence electrons. The Labute approximate surface area is 125 Å². The molecule has 0 spiro atoms. The molecule has 0 saturated carbocycles. The average Bonchev–Trinajstić information content (AvgIpc) is 2.50. The summed E-state index contributed by atoms with van der Waals surface area (Å²) in [6.07, 6.45) is 6.49. The normalized spacial score (nSPS) is 12.4. The first-order chi connectivity index (χ1) is 9.88. The molecule has 1 N–H and O–H groups in total. The number of hydrogen-bond donors (Lipinski definition) is 1. The third kappa shape index (κ3) is 2.85. The third-order valence-corrected chi connectivity index (χ3v) is 5.03. The molecule has 1 heterocycles. The number of fused-ring (bicyclic) bond motifs is 2. The van der Waals surface area contributed by atoms with E-state index in [-0.39, 0.29) is 0 Å². The molecule has 0 fully saturated rings. The van der Waals surface area contributed by atoms with Crippen molar-refractivity contribution in [3.05, 3.63) is 48.0 Å². The van der Waals surface area contributed by atoms with Crippen LogP contribution in [0.25, 0.3) is 0 Å². The summed E-state index contributed by atoms with van der Waals surface area (Å²) < 4.78 is 0. The maximum atomic E-state index is 3.56. The number of rotatable bonds is 5. The van der Waals surface area contributed by atoms with Crippen molar-refractivity contribution in [2.45, 2.75) is 48.8 Å². The molecule has 1 aliphatic heterocycles. The van der Waals surface area contributed by atoms with Gasteiger partial charge in [0, 0.05) is 9.79 Å². The minimum absolute atomic E-state index is 1.19. The number of benzene rings is 2. The van der Waals surface area contributed by atoms with E-state index >= 15 is 0 Å². The van der Waals surface area contributed by atoms with Crippen LogP contribution in [0.1, 0.15) is 38.2 Å². The SMILES string of the molecule is CCCCCCc1cccc2c1Sc1ccccc1N2. The first-order valence-corrected chi connectivity index (χ1v) is 8.36. The molecule has 0 atom stereocenters. The first-order valence-electron chi connectivity index (χ1n) is 7.54. The maximum absolute atomic E-state index is 3.56. The van der Waals surface area contributed by atoms with Gasteiger partial charge >= 0.3 is 0 Å². The van der Waals surface area contributed by atoms with Crippen molar-refractivity contribution in [3.8, 4) is 0 Å². The summed E-state index contributed by atoms with van der Waals surface area (Å²) in [6.45, 7) is 2.26. The molecule has 1 nitrogen and oxygen atoms in total. The molecule has 0 unspecified atom stereocenters. The highest BCUT2D eigenvalue weighted by Crippen LogP contribution is 2.45.